The molecule has 7 nitrogen and oxygen atoms in total. The Balaban J connectivity index is 1.42. The summed E-state index contributed by atoms with van der Waals surface area (Å²) >= 11 is 1.36. The number of aromatic nitrogens is 2. The Labute approximate surface area is 170 Å². The second kappa shape index (κ2) is 7.59. The van der Waals surface area contributed by atoms with Gasteiger partial charge in [0.25, 0.3) is 5.91 Å². The predicted molar refractivity (Wildman–Crippen MR) is 104 cm³/mol. The molecule has 4 rings (SSSR count). The molecule has 3 amide bonds. The number of nitrogens with one attached hydrogen (secondary N) is 1. The van der Waals surface area contributed by atoms with Gasteiger partial charge in [-0.25, -0.2) is 14.2 Å². The van der Waals surface area contributed by atoms with E-state index in [0.29, 0.717) is 22.1 Å². The van der Waals surface area contributed by atoms with Gasteiger partial charge < -0.3 is 10.1 Å². The van der Waals surface area contributed by atoms with Gasteiger partial charge in [-0.15, -0.1) is 11.3 Å². The van der Waals surface area contributed by atoms with E-state index in [4.69, 9.17) is 4.74 Å². The van der Waals surface area contributed by atoms with Crippen molar-refractivity contribution in [2.45, 2.75) is 25.6 Å². The van der Waals surface area contributed by atoms with Crippen molar-refractivity contribution in [2.75, 3.05) is 0 Å². The van der Waals surface area contributed by atoms with Gasteiger partial charge in [0.15, 0.2) is 5.54 Å². The molecule has 0 saturated carbocycles. The van der Waals surface area contributed by atoms with Crippen molar-refractivity contribution in [3.05, 3.63) is 76.3 Å². The first-order valence-electron chi connectivity index (χ1n) is 8.83. The number of hydrogen-bond acceptors (Lipinski definition) is 6. The van der Waals surface area contributed by atoms with Crippen molar-refractivity contribution in [3.63, 3.8) is 0 Å². The van der Waals surface area contributed by atoms with Crippen LogP contribution in [0.15, 0.2) is 54.0 Å². The first-order chi connectivity index (χ1) is 14.0. The predicted octanol–water partition coefficient (Wildman–Crippen LogP) is 3.22. The molecule has 2 aromatic heterocycles. The third-order valence-electron chi connectivity index (χ3n) is 4.55. The van der Waals surface area contributed by atoms with Crippen molar-refractivity contribution in [1.82, 2.24) is 20.2 Å². The molecule has 3 aromatic rings. The van der Waals surface area contributed by atoms with Crippen LogP contribution in [0.4, 0.5) is 9.18 Å². The molecule has 0 aliphatic carbocycles. The van der Waals surface area contributed by atoms with Crippen LogP contribution in [0, 0.1) is 5.82 Å². The third-order valence-corrected chi connectivity index (χ3v) is 5.42. The van der Waals surface area contributed by atoms with Crippen LogP contribution in [-0.2, 0) is 23.5 Å². The summed E-state index contributed by atoms with van der Waals surface area (Å²) in [5, 5.41) is 5.18. The molecule has 0 radical (unpaired) electrons. The molecular formula is C20H17FN4O3S. The van der Waals surface area contributed by atoms with E-state index < -0.39 is 11.6 Å². The zero-order valence-electron chi connectivity index (χ0n) is 15.5. The van der Waals surface area contributed by atoms with Gasteiger partial charge in [-0.3, -0.25) is 14.7 Å². The highest BCUT2D eigenvalue weighted by molar-refractivity contribution is 7.09. The summed E-state index contributed by atoms with van der Waals surface area (Å²) in [7, 11) is 0. The minimum Gasteiger partial charge on any atom is -0.486 e. The fourth-order valence-electron chi connectivity index (χ4n) is 3.00. The minimum absolute atomic E-state index is 0.0557. The Morgan fingerprint density at radius 1 is 1.21 bits per heavy atom. The largest absolute Gasteiger partial charge is 0.486 e. The van der Waals surface area contributed by atoms with E-state index in [1.165, 1.54) is 35.6 Å². The quantitative estimate of drug-likeness (QED) is 0.629. The molecule has 3 heterocycles. The number of urea groups is 1. The number of carbonyl (C=O) groups excluding carboxylic acids is 2. The van der Waals surface area contributed by atoms with Gasteiger partial charge in [-0.1, -0.05) is 6.07 Å². The van der Waals surface area contributed by atoms with E-state index in [0.717, 1.165) is 4.90 Å². The fraction of sp³-hybridized carbons (Fsp3) is 0.200. The van der Waals surface area contributed by atoms with E-state index >= 15 is 0 Å². The van der Waals surface area contributed by atoms with E-state index in [1.807, 2.05) is 0 Å². The summed E-state index contributed by atoms with van der Waals surface area (Å²) in [4.78, 5) is 35.1. The van der Waals surface area contributed by atoms with Gasteiger partial charge in [-0.2, -0.15) is 0 Å². The lowest BCUT2D eigenvalue weighted by Crippen LogP contribution is -2.41. The van der Waals surface area contributed by atoms with Gasteiger partial charge in [0.1, 0.15) is 23.2 Å². The monoisotopic (exact) mass is 412 g/mol. The Hall–Kier alpha value is -3.33. The smallest absolute Gasteiger partial charge is 0.325 e. The number of nitrogens with zero attached hydrogens (tertiary/aromatic N) is 3. The number of pyridine rings is 1. The van der Waals surface area contributed by atoms with E-state index in [9.17, 15) is 14.0 Å². The Morgan fingerprint density at radius 3 is 2.72 bits per heavy atom. The Morgan fingerprint density at radius 2 is 2.00 bits per heavy atom. The van der Waals surface area contributed by atoms with Crippen LogP contribution in [0.25, 0.3) is 0 Å². The molecule has 29 heavy (non-hydrogen) atoms. The van der Waals surface area contributed by atoms with Crippen LogP contribution >= 0.6 is 11.3 Å². The standard InChI is InChI=1S/C20H17FN4O3S/c1-20(16-4-2-3-9-22-16)18(26)25(19(27)24-20)10-14-12-29-17(23-14)11-28-15-7-5-13(21)6-8-15/h2-9,12H,10-11H2,1H3,(H,24,27). The zero-order chi connectivity index (χ0) is 20.4. The maximum absolute atomic E-state index is 12.9. The molecule has 0 bridgehead atoms. The number of rotatable bonds is 6. The molecular weight excluding hydrogens is 395 g/mol. The summed E-state index contributed by atoms with van der Waals surface area (Å²) in [6.07, 6.45) is 1.58. The molecule has 0 spiro atoms. The topological polar surface area (TPSA) is 84.4 Å². The number of imide groups is 1. The number of ether oxygens (including phenoxy) is 1. The fourth-order valence-corrected chi connectivity index (χ4v) is 3.69. The molecule has 1 N–H and O–H groups in total. The molecule has 1 aliphatic heterocycles. The van der Waals surface area contributed by atoms with Crippen molar-refractivity contribution < 1.29 is 18.7 Å². The van der Waals surface area contributed by atoms with Gasteiger partial charge in [0, 0.05) is 11.6 Å². The van der Waals surface area contributed by atoms with Gasteiger partial charge in [0.2, 0.25) is 0 Å². The lowest BCUT2D eigenvalue weighted by Gasteiger charge is -2.20. The van der Waals surface area contributed by atoms with Crippen LogP contribution in [-0.4, -0.2) is 26.8 Å². The average molecular weight is 412 g/mol. The van der Waals surface area contributed by atoms with Crippen molar-refractivity contribution >= 4 is 23.3 Å². The van der Waals surface area contributed by atoms with Gasteiger partial charge >= 0.3 is 6.03 Å². The first-order valence-corrected chi connectivity index (χ1v) is 9.71. The lowest BCUT2D eigenvalue weighted by molar-refractivity contribution is -0.131. The molecule has 1 aromatic carbocycles. The van der Waals surface area contributed by atoms with Crippen LogP contribution in [0.1, 0.15) is 23.3 Å². The molecule has 1 aliphatic rings. The number of amides is 3. The van der Waals surface area contributed by atoms with Crippen LogP contribution < -0.4 is 10.1 Å². The SMILES string of the molecule is CC1(c2ccccn2)NC(=O)N(Cc2csc(COc3ccc(F)cc3)n2)C1=O. The maximum atomic E-state index is 12.9. The first kappa shape index (κ1) is 19.0. The summed E-state index contributed by atoms with van der Waals surface area (Å²) in [6.45, 7) is 1.90. The highest BCUT2D eigenvalue weighted by Crippen LogP contribution is 2.28. The van der Waals surface area contributed by atoms with Crippen LogP contribution in [0.5, 0.6) is 5.75 Å². The summed E-state index contributed by atoms with van der Waals surface area (Å²) in [6, 6.07) is 10.4. The van der Waals surface area contributed by atoms with Gasteiger partial charge in [-0.05, 0) is 43.3 Å². The van der Waals surface area contributed by atoms with E-state index in [-0.39, 0.29) is 24.9 Å². The highest BCUT2D eigenvalue weighted by atomic mass is 32.1. The molecule has 1 atom stereocenters. The van der Waals surface area contributed by atoms with Crippen LogP contribution in [0.2, 0.25) is 0 Å². The van der Waals surface area contributed by atoms with Crippen LogP contribution in [0.3, 0.4) is 0 Å². The molecule has 1 saturated heterocycles. The molecule has 1 fully saturated rings. The highest BCUT2D eigenvalue weighted by Gasteiger charge is 2.50. The molecule has 1 unspecified atom stereocenters. The average Bonchev–Trinajstić information content (AvgIpc) is 3.27. The number of benzene rings is 1. The summed E-state index contributed by atoms with van der Waals surface area (Å²) in [5.74, 6) is -0.179. The minimum atomic E-state index is -1.21. The second-order valence-electron chi connectivity index (χ2n) is 6.64. The van der Waals surface area contributed by atoms with E-state index in [2.05, 4.69) is 15.3 Å². The lowest BCUT2D eigenvalue weighted by atomic mass is 9.97. The Bertz CT molecular complexity index is 1040. The summed E-state index contributed by atoms with van der Waals surface area (Å²) in [5.41, 5.74) is -0.142. The Kier molecular flexibility index (Phi) is 4.98. The normalized spacial score (nSPS) is 18.8. The third kappa shape index (κ3) is 3.81. The number of carbonyl (C=O) groups is 2. The maximum Gasteiger partial charge on any atom is 0.325 e. The number of thiazole rings is 1. The molecule has 148 valence electrons. The zero-order valence-corrected chi connectivity index (χ0v) is 16.3. The van der Waals surface area contributed by atoms with Crippen molar-refractivity contribution in [2.24, 2.45) is 0 Å². The number of halogens is 1. The van der Waals surface area contributed by atoms with Crippen molar-refractivity contribution in [1.29, 1.82) is 0 Å². The van der Waals surface area contributed by atoms with E-state index in [1.54, 1.807) is 36.7 Å². The molecule has 9 heteroatoms. The second-order valence-corrected chi connectivity index (χ2v) is 7.58. The summed E-state index contributed by atoms with van der Waals surface area (Å²) < 4.78 is 18.5. The van der Waals surface area contributed by atoms with Crippen molar-refractivity contribution in [3.8, 4) is 5.75 Å². The number of hydrogen-bond donors (Lipinski definition) is 1. The van der Waals surface area contributed by atoms with Gasteiger partial charge in [0.05, 0.1) is 17.9 Å².